The molecule has 2 nitrogen and oxygen atoms in total. The predicted molar refractivity (Wildman–Crippen MR) is 55.7 cm³/mol. The molecule has 0 amide bonds. The van der Waals surface area contributed by atoms with Gasteiger partial charge in [0.1, 0.15) is 0 Å². The standard InChI is InChI=1S/C9H14N2S/c1-6(2)8(10)5-7-3-4-12-9(7)11/h3-6H,10-11H2,1-2H3/b8-5-. The summed E-state index contributed by atoms with van der Waals surface area (Å²) in [6.07, 6.45) is 1.94. The summed E-state index contributed by atoms with van der Waals surface area (Å²) in [5.41, 5.74) is 13.4. The van der Waals surface area contributed by atoms with Crippen molar-refractivity contribution in [1.82, 2.24) is 0 Å². The van der Waals surface area contributed by atoms with Crippen molar-refractivity contribution in [2.75, 3.05) is 5.73 Å². The molecule has 0 aliphatic heterocycles. The van der Waals surface area contributed by atoms with E-state index in [1.165, 1.54) is 11.3 Å². The van der Waals surface area contributed by atoms with Crippen LogP contribution in [0.2, 0.25) is 0 Å². The Labute approximate surface area is 76.9 Å². The van der Waals surface area contributed by atoms with Crippen LogP contribution in [0.4, 0.5) is 5.00 Å². The molecule has 1 aromatic rings. The van der Waals surface area contributed by atoms with Gasteiger partial charge in [-0.15, -0.1) is 11.3 Å². The molecular weight excluding hydrogens is 168 g/mol. The van der Waals surface area contributed by atoms with Gasteiger partial charge in [-0.1, -0.05) is 13.8 Å². The third-order valence-electron chi connectivity index (χ3n) is 1.72. The van der Waals surface area contributed by atoms with Crippen LogP contribution >= 0.6 is 11.3 Å². The van der Waals surface area contributed by atoms with E-state index >= 15 is 0 Å². The molecule has 0 unspecified atom stereocenters. The largest absolute Gasteiger partial charge is 0.402 e. The van der Waals surface area contributed by atoms with E-state index < -0.39 is 0 Å². The molecule has 0 atom stereocenters. The average Bonchev–Trinajstić information content (AvgIpc) is 2.36. The minimum Gasteiger partial charge on any atom is -0.402 e. The first-order chi connectivity index (χ1) is 5.61. The highest BCUT2D eigenvalue weighted by atomic mass is 32.1. The molecule has 0 saturated carbocycles. The highest BCUT2D eigenvalue weighted by Gasteiger charge is 2.00. The normalized spacial score (nSPS) is 12.4. The van der Waals surface area contributed by atoms with E-state index in [1.54, 1.807) is 0 Å². The van der Waals surface area contributed by atoms with Gasteiger partial charge in [-0.3, -0.25) is 0 Å². The third kappa shape index (κ3) is 2.01. The maximum absolute atomic E-state index is 5.79. The summed E-state index contributed by atoms with van der Waals surface area (Å²) in [6, 6.07) is 1.98. The van der Waals surface area contributed by atoms with Crippen molar-refractivity contribution < 1.29 is 0 Å². The van der Waals surface area contributed by atoms with E-state index in [9.17, 15) is 0 Å². The molecule has 0 aliphatic carbocycles. The zero-order valence-electron chi connectivity index (χ0n) is 7.37. The lowest BCUT2D eigenvalue weighted by molar-refractivity contribution is 0.764. The first kappa shape index (κ1) is 9.13. The third-order valence-corrected chi connectivity index (χ3v) is 2.48. The molecule has 0 fully saturated rings. The molecule has 1 rings (SSSR count). The monoisotopic (exact) mass is 182 g/mol. The number of hydrogen-bond donors (Lipinski definition) is 2. The van der Waals surface area contributed by atoms with Gasteiger partial charge in [0, 0.05) is 11.3 Å². The fourth-order valence-corrected chi connectivity index (χ4v) is 1.42. The second-order valence-corrected chi connectivity index (χ2v) is 3.99. The maximum atomic E-state index is 5.79. The van der Waals surface area contributed by atoms with Gasteiger partial charge in [0.2, 0.25) is 0 Å². The summed E-state index contributed by atoms with van der Waals surface area (Å²) in [7, 11) is 0. The molecule has 0 aliphatic rings. The van der Waals surface area contributed by atoms with E-state index in [4.69, 9.17) is 11.5 Å². The van der Waals surface area contributed by atoms with E-state index in [0.717, 1.165) is 16.3 Å². The topological polar surface area (TPSA) is 52.0 Å². The Kier molecular flexibility index (Phi) is 2.76. The van der Waals surface area contributed by atoms with Crippen LogP contribution in [-0.4, -0.2) is 0 Å². The molecule has 0 aromatic carbocycles. The summed E-state index contributed by atoms with van der Waals surface area (Å²) in [5.74, 6) is 0.379. The van der Waals surface area contributed by atoms with Crippen LogP contribution in [-0.2, 0) is 0 Å². The molecule has 0 bridgehead atoms. The first-order valence-corrected chi connectivity index (χ1v) is 4.79. The minimum atomic E-state index is 0.379. The number of nitrogen functional groups attached to an aromatic ring is 1. The predicted octanol–water partition coefficient (Wildman–Crippen LogP) is 2.29. The lowest BCUT2D eigenvalue weighted by Gasteiger charge is -2.03. The SMILES string of the molecule is CC(C)/C(N)=C/c1ccsc1N. The van der Waals surface area contributed by atoms with Gasteiger partial charge in [0.25, 0.3) is 0 Å². The summed E-state index contributed by atoms with van der Waals surface area (Å²) in [5, 5.41) is 2.80. The van der Waals surface area contributed by atoms with Crippen LogP contribution in [0.5, 0.6) is 0 Å². The van der Waals surface area contributed by atoms with Crippen molar-refractivity contribution in [2.24, 2.45) is 11.7 Å². The number of hydrogen-bond acceptors (Lipinski definition) is 3. The molecule has 4 N–H and O–H groups in total. The number of nitrogens with two attached hydrogens (primary N) is 2. The number of thiophene rings is 1. The van der Waals surface area contributed by atoms with Crippen molar-refractivity contribution in [2.45, 2.75) is 13.8 Å². The summed E-state index contributed by atoms with van der Waals surface area (Å²) in [4.78, 5) is 0. The summed E-state index contributed by atoms with van der Waals surface area (Å²) in [6.45, 7) is 4.13. The van der Waals surface area contributed by atoms with Crippen LogP contribution in [0.15, 0.2) is 17.1 Å². The Morgan fingerprint density at radius 2 is 2.25 bits per heavy atom. The second kappa shape index (κ2) is 3.63. The second-order valence-electron chi connectivity index (χ2n) is 3.04. The van der Waals surface area contributed by atoms with Crippen LogP contribution in [0.3, 0.4) is 0 Å². The van der Waals surface area contributed by atoms with Gasteiger partial charge < -0.3 is 11.5 Å². The highest BCUT2D eigenvalue weighted by Crippen LogP contribution is 2.22. The molecule has 0 saturated heterocycles. The van der Waals surface area contributed by atoms with Gasteiger partial charge in [-0.25, -0.2) is 0 Å². The number of anilines is 1. The minimum absolute atomic E-state index is 0.379. The lowest BCUT2D eigenvalue weighted by atomic mass is 10.1. The molecule has 0 radical (unpaired) electrons. The van der Waals surface area contributed by atoms with E-state index in [-0.39, 0.29) is 0 Å². The van der Waals surface area contributed by atoms with Gasteiger partial charge in [0.15, 0.2) is 0 Å². The zero-order valence-corrected chi connectivity index (χ0v) is 8.19. The van der Waals surface area contributed by atoms with E-state index in [1.807, 2.05) is 17.5 Å². The quantitative estimate of drug-likeness (QED) is 0.737. The van der Waals surface area contributed by atoms with Crippen molar-refractivity contribution >= 4 is 22.4 Å². The molecule has 66 valence electrons. The fourth-order valence-electron chi connectivity index (χ4n) is 0.796. The molecule has 0 spiro atoms. The fraction of sp³-hybridized carbons (Fsp3) is 0.333. The molecule has 12 heavy (non-hydrogen) atoms. The average molecular weight is 182 g/mol. The maximum Gasteiger partial charge on any atom is 0.0930 e. The van der Waals surface area contributed by atoms with Gasteiger partial charge in [-0.05, 0) is 23.4 Å². The molecular formula is C9H14N2S. The van der Waals surface area contributed by atoms with Crippen LogP contribution < -0.4 is 11.5 Å². The molecule has 1 aromatic heterocycles. The smallest absolute Gasteiger partial charge is 0.0930 e. The van der Waals surface area contributed by atoms with Crippen LogP contribution in [0, 0.1) is 5.92 Å². The summed E-state index contributed by atoms with van der Waals surface area (Å²) >= 11 is 1.54. The molecule has 1 heterocycles. The Bertz CT molecular complexity index is 286. The number of allylic oxidation sites excluding steroid dienone is 1. The van der Waals surface area contributed by atoms with E-state index in [2.05, 4.69) is 13.8 Å². The van der Waals surface area contributed by atoms with E-state index in [0.29, 0.717) is 5.92 Å². The van der Waals surface area contributed by atoms with Crippen molar-refractivity contribution in [3.05, 3.63) is 22.7 Å². The Morgan fingerprint density at radius 3 is 2.67 bits per heavy atom. The van der Waals surface area contributed by atoms with Gasteiger partial charge in [0.05, 0.1) is 5.00 Å². The zero-order chi connectivity index (χ0) is 9.14. The highest BCUT2D eigenvalue weighted by molar-refractivity contribution is 7.14. The lowest BCUT2D eigenvalue weighted by Crippen LogP contribution is -2.04. The van der Waals surface area contributed by atoms with Gasteiger partial charge >= 0.3 is 0 Å². The van der Waals surface area contributed by atoms with Crippen LogP contribution in [0.1, 0.15) is 19.4 Å². The summed E-state index contributed by atoms with van der Waals surface area (Å²) < 4.78 is 0. The van der Waals surface area contributed by atoms with Crippen molar-refractivity contribution in [1.29, 1.82) is 0 Å². The van der Waals surface area contributed by atoms with Crippen molar-refractivity contribution in [3.63, 3.8) is 0 Å². The first-order valence-electron chi connectivity index (χ1n) is 3.91. The molecule has 3 heteroatoms. The van der Waals surface area contributed by atoms with Crippen molar-refractivity contribution in [3.8, 4) is 0 Å². The van der Waals surface area contributed by atoms with Gasteiger partial charge in [-0.2, -0.15) is 0 Å². The Balaban J connectivity index is 2.87. The Morgan fingerprint density at radius 1 is 1.58 bits per heavy atom. The van der Waals surface area contributed by atoms with Crippen LogP contribution in [0.25, 0.3) is 6.08 Å². The number of rotatable bonds is 2. The Hall–Kier alpha value is -0.960.